The van der Waals surface area contributed by atoms with Gasteiger partial charge in [0.2, 0.25) is 0 Å². The van der Waals surface area contributed by atoms with Gasteiger partial charge in [-0.1, -0.05) is 12.8 Å². The fraction of sp³-hybridized carbons (Fsp3) is 0.571. The van der Waals surface area contributed by atoms with Crippen molar-refractivity contribution in [1.82, 2.24) is 9.38 Å². The van der Waals surface area contributed by atoms with Gasteiger partial charge in [0.15, 0.2) is 4.96 Å². The first kappa shape index (κ1) is 12.7. The second-order valence-electron chi connectivity index (χ2n) is 5.10. The summed E-state index contributed by atoms with van der Waals surface area (Å²) in [5, 5.41) is 2.09. The number of rotatable bonds is 4. The number of imidazole rings is 1. The average Bonchev–Trinajstić information content (AvgIpc) is 3.11. The van der Waals surface area contributed by atoms with Crippen LogP contribution in [0.25, 0.3) is 4.96 Å². The SMILES string of the molecule is COC(=O)CCc1csc2nc(C3CCCC3)cn12. The first-order valence-electron chi connectivity index (χ1n) is 6.80. The Morgan fingerprint density at radius 1 is 1.53 bits per heavy atom. The summed E-state index contributed by atoms with van der Waals surface area (Å²) in [5.74, 6) is 0.482. The topological polar surface area (TPSA) is 43.6 Å². The van der Waals surface area contributed by atoms with Crippen molar-refractivity contribution in [1.29, 1.82) is 0 Å². The number of aryl methyl sites for hydroxylation is 1. The summed E-state index contributed by atoms with van der Waals surface area (Å²) in [6, 6.07) is 0. The zero-order valence-electron chi connectivity index (χ0n) is 11.1. The van der Waals surface area contributed by atoms with E-state index in [9.17, 15) is 4.79 Å². The Morgan fingerprint density at radius 2 is 2.32 bits per heavy atom. The van der Waals surface area contributed by atoms with Gasteiger partial charge in [0.25, 0.3) is 0 Å². The van der Waals surface area contributed by atoms with Crippen LogP contribution in [-0.4, -0.2) is 22.5 Å². The summed E-state index contributed by atoms with van der Waals surface area (Å²) < 4.78 is 6.83. The molecule has 4 nitrogen and oxygen atoms in total. The number of carbonyl (C=O) groups is 1. The van der Waals surface area contributed by atoms with Crippen molar-refractivity contribution in [3.8, 4) is 0 Å². The van der Waals surface area contributed by atoms with Crippen molar-refractivity contribution < 1.29 is 9.53 Å². The summed E-state index contributed by atoms with van der Waals surface area (Å²) in [7, 11) is 1.43. The molecule has 19 heavy (non-hydrogen) atoms. The molecule has 0 N–H and O–H groups in total. The second kappa shape index (κ2) is 5.33. The summed E-state index contributed by atoms with van der Waals surface area (Å²) in [5.41, 5.74) is 2.38. The van der Waals surface area contributed by atoms with Gasteiger partial charge in [0.1, 0.15) is 0 Å². The lowest BCUT2D eigenvalue weighted by molar-refractivity contribution is -0.140. The lowest BCUT2D eigenvalue weighted by atomic mass is 10.1. The van der Waals surface area contributed by atoms with Crippen LogP contribution < -0.4 is 0 Å². The van der Waals surface area contributed by atoms with Crippen LogP contribution in [0.4, 0.5) is 0 Å². The highest BCUT2D eigenvalue weighted by atomic mass is 32.1. The van der Waals surface area contributed by atoms with Crippen molar-refractivity contribution in [2.75, 3.05) is 7.11 Å². The Kier molecular flexibility index (Phi) is 3.55. The van der Waals surface area contributed by atoms with Gasteiger partial charge in [0.05, 0.1) is 19.2 Å². The monoisotopic (exact) mass is 278 g/mol. The summed E-state index contributed by atoms with van der Waals surface area (Å²) in [6.07, 6.45) is 8.49. The maximum absolute atomic E-state index is 11.2. The molecule has 0 spiro atoms. The molecule has 0 unspecified atom stereocenters. The van der Waals surface area contributed by atoms with E-state index >= 15 is 0 Å². The van der Waals surface area contributed by atoms with Crippen LogP contribution in [-0.2, 0) is 16.0 Å². The zero-order chi connectivity index (χ0) is 13.2. The summed E-state index contributed by atoms with van der Waals surface area (Å²) in [4.78, 5) is 17.0. The molecule has 0 bridgehead atoms. The molecule has 0 radical (unpaired) electrons. The van der Waals surface area contributed by atoms with Crippen molar-refractivity contribution in [2.45, 2.75) is 44.4 Å². The Hall–Kier alpha value is -1.36. The minimum absolute atomic E-state index is 0.157. The highest BCUT2D eigenvalue weighted by Crippen LogP contribution is 2.34. The van der Waals surface area contributed by atoms with Crippen LogP contribution in [0, 0.1) is 0 Å². The van der Waals surface area contributed by atoms with Gasteiger partial charge in [-0.15, -0.1) is 11.3 Å². The molecule has 0 aromatic carbocycles. The van der Waals surface area contributed by atoms with Gasteiger partial charge in [0, 0.05) is 23.2 Å². The lowest BCUT2D eigenvalue weighted by Gasteiger charge is -2.03. The molecule has 2 aromatic heterocycles. The number of carbonyl (C=O) groups excluding carboxylic acids is 1. The minimum atomic E-state index is -0.157. The van der Waals surface area contributed by atoms with Crippen LogP contribution in [0.3, 0.4) is 0 Å². The van der Waals surface area contributed by atoms with Gasteiger partial charge in [-0.25, -0.2) is 4.98 Å². The van der Waals surface area contributed by atoms with E-state index in [1.807, 2.05) is 0 Å². The van der Waals surface area contributed by atoms with Crippen LogP contribution >= 0.6 is 11.3 Å². The number of fused-ring (bicyclic) bond motifs is 1. The first-order chi connectivity index (χ1) is 9.28. The van der Waals surface area contributed by atoms with Crippen molar-refractivity contribution in [3.63, 3.8) is 0 Å². The predicted molar refractivity (Wildman–Crippen MR) is 74.6 cm³/mol. The summed E-state index contributed by atoms with van der Waals surface area (Å²) in [6.45, 7) is 0. The Balaban J connectivity index is 1.79. The van der Waals surface area contributed by atoms with E-state index < -0.39 is 0 Å². The number of esters is 1. The highest BCUT2D eigenvalue weighted by Gasteiger charge is 2.20. The molecule has 1 aliphatic carbocycles. The minimum Gasteiger partial charge on any atom is -0.469 e. The smallest absolute Gasteiger partial charge is 0.305 e. The quantitative estimate of drug-likeness (QED) is 0.807. The molecule has 5 heteroatoms. The third kappa shape index (κ3) is 2.52. The van der Waals surface area contributed by atoms with Crippen LogP contribution in [0.1, 0.15) is 49.4 Å². The largest absolute Gasteiger partial charge is 0.469 e. The molecule has 3 rings (SSSR count). The van der Waals surface area contributed by atoms with Gasteiger partial charge >= 0.3 is 5.97 Å². The average molecular weight is 278 g/mol. The maximum Gasteiger partial charge on any atom is 0.305 e. The van der Waals surface area contributed by atoms with Gasteiger partial charge < -0.3 is 4.74 Å². The molecule has 2 heterocycles. The molecule has 1 saturated carbocycles. The Morgan fingerprint density at radius 3 is 3.05 bits per heavy atom. The molecular formula is C14H18N2O2S. The van der Waals surface area contributed by atoms with E-state index in [0.29, 0.717) is 18.8 Å². The second-order valence-corrected chi connectivity index (χ2v) is 5.94. The van der Waals surface area contributed by atoms with Gasteiger partial charge in [-0.2, -0.15) is 0 Å². The fourth-order valence-electron chi connectivity index (χ4n) is 2.78. The summed E-state index contributed by atoms with van der Waals surface area (Å²) >= 11 is 1.65. The van der Waals surface area contributed by atoms with Crippen LogP contribution in [0.15, 0.2) is 11.6 Å². The van der Waals surface area contributed by atoms with Gasteiger partial charge in [-0.05, 0) is 19.3 Å². The Labute approximate surface area is 116 Å². The molecule has 1 fully saturated rings. The number of methoxy groups -OCH3 is 1. The number of hydrogen-bond donors (Lipinski definition) is 0. The van der Waals surface area contributed by atoms with Crippen molar-refractivity contribution in [2.24, 2.45) is 0 Å². The molecule has 1 aliphatic rings. The van der Waals surface area contributed by atoms with E-state index in [4.69, 9.17) is 4.98 Å². The third-order valence-electron chi connectivity index (χ3n) is 3.89. The third-order valence-corrected chi connectivity index (χ3v) is 4.78. The molecule has 0 atom stereocenters. The fourth-order valence-corrected chi connectivity index (χ4v) is 3.69. The van der Waals surface area contributed by atoms with Crippen LogP contribution in [0.5, 0.6) is 0 Å². The number of nitrogens with zero attached hydrogens (tertiary/aromatic N) is 2. The number of thiazole rings is 1. The normalized spacial score (nSPS) is 16.3. The lowest BCUT2D eigenvalue weighted by Crippen LogP contribution is -2.03. The maximum atomic E-state index is 11.2. The molecule has 0 aliphatic heterocycles. The zero-order valence-corrected chi connectivity index (χ0v) is 11.9. The van der Waals surface area contributed by atoms with E-state index in [1.165, 1.54) is 38.5 Å². The molecule has 0 saturated heterocycles. The van der Waals surface area contributed by atoms with Crippen LogP contribution in [0.2, 0.25) is 0 Å². The van der Waals surface area contributed by atoms with E-state index in [1.54, 1.807) is 11.3 Å². The standard InChI is InChI=1S/C14H18N2O2S/c1-18-13(17)7-6-11-9-19-14-15-12(8-16(11)14)10-4-2-3-5-10/h8-10H,2-7H2,1H3. The molecule has 2 aromatic rings. The molecule has 102 valence electrons. The number of hydrogen-bond acceptors (Lipinski definition) is 4. The molecule has 0 amide bonds. The Bertz CT molecular complexity index is 581. The molecular weight excluding hydrogens is 260 g/mol. The predicted octanol–water partition coefficient (Wildman–Crippen LogP) is 3.16. The highest BCUT2D eigenvalue weighted by molar-refractivity contribution is 7.15. The van der Waals surface area contributed by atoms with Crippen molar-refractivity contribution >= 4 is 22.3 Å². The number of aromatic nitrogens is 2. The number of ether oxygens (including phenoxy) is 1. The first-order valence-corrected chi connectivity index (χ1v) is 7.68. The van der Waals surface area contributed by atoms with E-state index in [0.717, 1.165) is 10.7 Å². The van der Waals surface area contributed by atoms with E-state index in [2.05, 4.69) is 20.7 Å². The van der Waals surface area contributed by atoms with Gasteiger partial charge in [-0.3, -0.25) is 9.20 Å². The van der Waals surface area contributed by atoms with E-state index in [-0.39, 0.29) is 5.97 Å². The van der Waals surface area contributed by atoms with Crippen molar-refractivity contribution in [3.05, 3.63) is 23.0 Å².